The molecule has 0 aromatic rings. The number of aliphatic carboxylic acids is 1. The molecule has 1 atom stereocenters. The molecular formula is C14H25NO3. The van der Waals surface area contributed by atoms with E-state index in [1.54, 1.807) is 0 Å². The first-order chi connectivity index (χ1) is 8.64. The van der Waals surface area contributed by atoms with Crippen molar-refractivity contribution < 1.29 is 14.6 Å². The Morgan fingerprint density at radius 1 is 1.39 bits per heavy atom. The molecular weight excluding hydrogens is 230 g/mol. The standard InChI is InChI=1S/C14H25NO3/c1-15(9-3-5-13(16)17)12-4-2-6-14(12)7-10-18-11-8-14/h12H,2-11H2,1H3,(H,16,17). The maximum Gasteiger partial charge on any atom is 0.303 e. The summed E-state index contributed by atoms with van der Waals surface area (Å²) in [5.41, 5.74) is 0.455. The van der Waals surface area contributed by atoms with Crippen LogP contribution < -0.4 is 0 Å². The zero-order valence-corrected chi connectivity index (χ0v) is 11.4. The maximum absolute atomic E-state index is 10.6. The molecule has 1 unspecified atom stereocenters. The minimum absolute atomic E-state index is 0.285. The topological polar surface area (TPSA) is 49.8 Å². The fourth-order valence-corrected chi connectivity index (χ4v) is 3.80. The van der Waals surface area contributed by atoms with E-state index in [2.05, 4.69) is 11.9 Å². The molecule has 1 saturated carbocycles. The van der Waals surface area contributed by atoms with Crippen LogP contribution in [0.5, 0.6) is 0 Å². The second-order valence-electron chi connectivity index (χ2n) is 5.86. The maximum atomic E-state index is 10.6. The van der Waals surface area contributed by atoms with Crippen LogP contribution in [0.15, 0.2) is 0 Å². The SMILES string of the molecule is CN(CCCC(=O)O)C1CCCC12CCOCC2. The van der Waals surface area contributed by atoms with Gasteiger partial charge in [0.1, 0.15) is 0 Å². The molecule has 104 valence electrons. The number of hydrogen-bond donors (Lipinski definition) is 1. The summed E-state index contributed by atoms with van der Waals surface area (Å²) < 4.78 is 5.50. The highest BCUT2D eigenvalue weighted by Crippen LogP contribution is 2.47. The van der Waals surface area contributed by atoms with E-state index >= 15 is 0 Å². The normalized spacial score (nSPS) is 26.9. The molecule has 1 aliphatic carbocycles. The van der Waals surface area contributed by atoms with Gasteiger partial charge in [-0.05, 0) is 51.1 Å². The van der Waals surface area contributed by atoms with E-state index in [9.17, 15) is 4.79 Å². The van der Waals surface area contributed by atoms with Gasteiger partial charge in [0.2, 0.25) is 0 Å². The second kappa shape index (κ2) is 6.02. The zero-order chi connectivity index (χ0) is 13.0. The van der Waals surface area contributed by atoms with Crippen molar-refractivity contribution in [2.24, 2.45) is 5.41 Å². The van der Waals surface area contributed by atoms with E-state index in [-0.39, 0.29) is 6.42 Å². The molecule has 4 nitrogen and oxygen atoms in total. The van der Waals surface area contributed by atoms with Crippen molar-refractivity contribution >= 4 is 5.97 Å². The van der Waals surface area contributed by atoms with Gasteiger partial charge in [0.15, 0.2) is 0 Å². The summed E-state index contributed by atoms with van der Waals surface area (Å²) in [4.78, 5) is 13.0. The summed E-state index contributed by atoms with van der Waals surface area (Å²) in [5.74, 6) is -0.685. The summed E-state index contributed by atoms with van der Waals surface area (Å²) >= 11 is 0. The van der Waals surface area contributed by atoms with E-state index in [0.29, 0.717) is 11.5 Å². The van der Waals surface area contributed by atoms with Gasteiger partial charge < -0.3 is 14.7 Å². The van der Waals surface area contributed by atoms with Crippen molar-refractivity contribution in [1.82, 2.24) is 4.90 Å². The van der Waals surface area contributed by atoms with Gasteiger partial charge in [-0.2, -0.15) is 0 Å². The number of hydrogen-bond acceptors (Lipinski definition) is 3. The first-order valence-electron chi connectivity index (χ1n) is 7.14. The lowest BCUT2D eigenvalue weighted by molar-refractivity contribution is -0.137. The Morgan fingerprint density at radius 3 is 2.78 bits per heavy atom. The van der Waals surface area contributed by atoms with Gasteiger partial charge in [-0.1, -0.05) is 6.42 Å². The third kappa shape index (κ3) is 3.04. The van der Waals surface area contributed by atoms with Crippen molar-refractivity contribution in [3.05, 3.63) is 0 Å². The molecule has 1 spiro atoms. The summed E-state index contributed by atoms with van der Waals surface area (Å²) in [6, 6.07) is 0.634. The Labute approximate surface area is 109 Å². The van der Waals surface area contributed by atoms with Gasteiger partial charge in [0, 0.05) is 25.7 Å². The van der Waals surface area contributed by atoms with Crippen LogP contribution in [0, 0.1) is 5.41 Å². The Hall–Kier alpha value is -0.610. The quantitative estimate of drug-likeness (QED) is 0.817. The lowest BCUT2D eigenvalue weighted by Gasteiger charge is -2.43. The van der Waals surface area contributed by atoms with Crippen LogP contribution in [0.25, 0.3) is 0 Å². The Morgan fingerprint density at radius 2 is 2.11 bits per heavy atom. The number of carboxylic acids is 1. The minimum atomic E-state index is -0.685. The van der Waals surface area contributed by atoms with E-state index in [1.165, 1.54) is 32.1 Å². The average molecular weight is 255 g/mol. The monoisotopic (exact) mass is 255 g/mol. The lowest BCUT2D eigenvalue weighted by atomic mass is 9.75. The van der Waals surface area contributed by atoms with Crippen molar-refractivity contribution in [1.29, 1.82) is 0 Å². The molecule has 1 N–H and O–H groups in total. The molecule has 0 aromatic heterocycles. The van der Waals surface area contributed by atoms with E-state index in [4.69, 9.17) is 9.84 Å². The van der Waals surface area contributed by atoms with Gasteiger partial charge in [0.05, 0.1) is 0 Å². The van der Waals surface area contributed by atoms with Gasteiger partial charge in [-0.15, -0.1) is 0 Å². The van der Waals surface area contributed by atoms with Crippen LogP contribution in [-0.2, 0) is 9.53 Å². The third-order valence-corrected chi connectivity index (χ3v) is 4.78. The smallest absolute Gasteiger partial charge is 0.303 e. The molecule has 1 saturated heterocycles. The fraction of sp³-hybridized carbons (Fsp3) is 0.929. The van der Waals surface area contributed by atoms with E-state index in [0.717, 1.165) is 26.2 Å². The van der Waals surface area contributed by atoms with E-state index < -0.39 is 5.97 Å². The highest BCUT2D eigenvalue weighted by molar-refractivity contribution is 5.66. The highest BCUT2D eigenvalue weighted by Gasteiger charge is 2.45. The third-order valence-electron chi connectivity index (χ3n) is 4.78. The number of rotatable bonds is 5. The molecule has 4 heteroatoms. The van der Waals surface area contributed by atoms with Crippen LogP contribution in [0.2, 0.25) is 0 Å². The molecule has 2 rings (SSSR count). The minimum Gasteiger partial charge on any atom is -0.481 e. The predicted molar refractivity (Wildman–Crippen MR) is 69.6 cm³/mol. The first kappa shape index (κ1) is 13.8. The van der Waals surface area contributed by atoms with Gasteiger partial charge in [-0.3, -0.25) is 4.79 Å². The first-order valence-corrected chi connectivity index (χ1v) is 7.14. The van der Waals surface area contributed by atoms with Crippen molar-refractivity contribution in [2.45, 2.75) is 51.0 Å². The fourth-order valence-electron chi connectivity index (χ4n) is 3.80. The zero-order valence-electron chi connectivity index (χ0n) is 11.4. The molecule has 1 heterocycles. The lowest BCUT2D eigenvalue weighted by Crippen LogP contribution is -2.46. The number of nitrogens with zero attached hydrogens (tertiary/aromatic N) is 1. The molecule has 1 aliphatic heterocycles. The largest absolute Gasteiger partial charge is 0.481 e. The molecule has 18 heavy (non-hydrogen) atoms. The van der Waals surface area contributed by atoms with Crippen LogP contribution in [-0.4, -0.2) is 48.8 Å². The van der Waals surface area contributed by atoms with Gasteiger partial charge >= 0.3 is 5.97 Å². The molecule has 2 fully saturated rings. The predicted octanol–water partition coefficient (Wildman–Crippen LogP) is 2.13. The van der Waals surface area contributed by atoms with Crippen molar-refractivity contribution in [3.63, 3.8) is 0 Å². The summed E-state index contributed by atoms with van der Waals surface area (Å²) in [6.07, 6.45) is 7.31. The molecule has 0 radical (unpaired) electrons. The van der Waals surface area contributed by atoms with Crippen molar-refractivity contribution in [3.8, 4) is 0 Å². The Balaban J connectivity index is 1.87. The van der Waals surface area contributed by atoms with Crippen LogP contribution in [0.3, 0.4) is 0 Å². The summed E-state index contributed by atoms with van der Waals surface area (Å²) in [6.45, 7) is 2.71. The van der Waals surface area contributed by atoms with Crippen molar-refractivity contribution in [2.75, 3.05) is 26.8 Å². The van der Waals surface area contributed by atoms with Gasteiger partial charge in [-0.25, -0.2) is 0 Å². The Kier molecular flexibility index (Phi) is 4.62. The highest BCUT2D eigenvalue weighted by atomic mass is 16.5. The molecule has 0 bridgehead atoms. The summed E-state index contributed by atoms with van der Waals surface area (Å²) in [5, 5.41) is 8.70. The average Bonchev–Trinajstić information content (AvgIpc) is 2.73. The van der Waals surface area contributed by atoms with Crippen LogP contribution in [0.4, 0.5) is 0 Å². The molecule has 2 aliphatic rings. The number of ether oxygens (including phenoxy) is 1. The van der Waals surface area contributed by atoms with Gasteiger partial charge in [0.25, 0.3) is 0 Å². The Bertz CT molecular complexity index is 287. The summed E-state index contributed by atoms with van der Waals surface area (Å²) in [7, 11) is 2.16. The second-order valence-corrected chi connectivity index (χ2v) is 5.86. The van der Waals surface area contributed by atoms with Crippen LogP contribution >= 0.6 is 0 Å². The van der Waals surface area contributed by atoms with E-state index in [1.807, 2.05) is 0 Å². The number of carbonyl (C=O) groups is 1. The molecule has 0 amide bonds. The van der Waals surface area contributed by atoms with Crippen LogP contribution in [0.1, 0.15) is 44.9 Å². The molecule has 0 aromatic carbocycles. The number of carboxylic acid groups (broad SMARTS) is 1.